The Kier molecular flexibility index (Phi) is 4.84. The molecule has 5 heteroatoms. The molecule has 0 saturated heterocycles. The molecular weight excluding hydrogens is 224 g/mol. The molecule has 14 heavy (non-hydrogen) atoms. The highest BCUT2D eigenvalue weighted by molar-refractivity contribution is 7.12. The summed E-state index contributed by atoms with van der Waals surface area (Å²) in [6, 6.07) is 3.44. The van der Waals surface area contributed by atoms with E-state index in [9.17, 15) is 10.2 Å². The van der Waals surface area contributed by atoms with Crippen LogP contribution in [0.1, 0.15) is 22.3 Å². The maximum Gasteiger partial charge on any atom is 0.114 e. The molecule has 2 atom stereocenters. The first-order valence-electron chi connectivity index (χ1n) is 4.30. The molecule has 0 aliphatic rings. The minimum atomic E-state index is -0.904. The van der Waals surface area contributed by atoms with Gasteiger partial charge in [-0.25, -0.2) is 0 Å². The Bertz CT molecular complexity index is 277. The quantitative estimate of drug-likeness (QED) is 0.675. The second-order valence-corrected chi connectivity index (χ2v) is 4.53. The molecule has 0 bridgehead atoms. The summed E-state index contributed by atoms with van der Waals surface area (Å²) in [5, 5.41) is 27.9. The standard InChI is InChI=1S/C9H13ClO3S/c10-4-3-7(12)9(13)8-2-1-6(5-11)14-8/h1-2,7,9,11-13H,3-5H2. The summed E-state index contributed by atoms with van der Waals surface area (Å²) < 4.78 is 0. The molecule has 3 nitrogen and oxygen atoms in total. The summed E-state index contributed by atoms with van der Waals surface area (Å²) in [5.41, 5.74) is 0. The molecule has 0 fully saturated rings. The van der Waals surface area contributed by atoms with Gasteiger partial charge in [0.15, 0.2) is 0 Å². The van der Waals surface area contributed by atoms with Gasteiger partial charge in [-0.3, -0.25) is 0 Å². The molecule has 0 radical (unpaired) electrons. The van der Waals surface area contributed by atoms with Crippen molar-refractivity contribution in [1.82, 2.24) is 0 Å². The molecule has 0 aliphatic heterocycles. The van der Waals surface area contributed by atoms with E-state index in [0.717, 1.165) is 4.88 Å². The number of rotatable bonds is 5. The van der Waals surface area contributed by atoms with Gasteiger partial charge in [-0.2, -0.15) is 0 Å². The van der Waals surface area contributed by atoms with Gasteiger partial charge in [0.05, 0.1) is 12.7 Å². The normalized spacial score (nSPS) is 15.4. The third-order valence-electron chi connectivity index (χ3n) is 1.90. The van der Waals surface area contributed by atoms with Crippen LogP contribution >= 0.6 is 22.9 Å². The molecule has 1 aromatic rings. The van der Waals surface area contributed by atoms with Crippen molar-refractivity contribution >= 4 is 22.9 Å². The molecule has 0 spiro atoms. The molecule has 80 valence electrons. The summed E-state index contributed by atoms with van der Waals surface area (Å²) in [5.74, 6) is 0.316. The lowest BCUT2D eigenvalue weighted by molar-refractivity contribution is 0.0191. The second-order valence-electron chi connectivity index (χ2n) is 2.95. The third-order valence-corrected chi connectivity index (χ3v) is 3.26. The zero-order valence-electron chi connectivity index (χ0n) is 7.56. The molecule has 1 aromatic heterocycles. The van der Waals surface area contributed by atoms with E-state index in [1.807, 2.05) is 0 Å². The maximum absolute atomic E-state index is 9.65. The van der Waals surface area contributed by atoms with E-state index in [1.165, 1.54) is 11.3 Å². The summed E-state index contributed by atoms with van der Waals surface area (Å²) in [7, 11) is 0. The zero-order valence-corrected chi connectivity index (χ0v) is 9.13. The highest BCUT2D eigenvalue weighted by Gasteiger charge is 2.19. The average molecular weight is 237 g/mol. The Labute approximate surface area is 91.6 Å². The van der Waals surface area contributed by atoms with E-state index < -0.39 is 12.2 Å². The van der Waals surface area contributed by atoms with Crippen LogP contribution in [0.5, 0.6) is 0 Å². The fourth-order valence-corrected chi connectivity index (χ4v) is 2.24. The van der Waals surface area contributed by atoms with Gasteiger partial charge >= 0.3 is 0 Å². The molecular formula is C9H13ClO3S. The van der Waals surface area contributed by atoms with E-state index in [1.54, 1.807) is 12.1 Å². The van der Waals surface area contributed by atoms with Gasteiger partial charge in [0.2, 0.25) is 0 Å². The number of alkyl halides is 1. The summed E-state index contributed by atoms with van der Waals surface area (Å²) >= 11 is 6.74. The molecule has 1 heterocycles. The van der Waals surface area contributed by atoms with Crippen LogP contribution in [-0.4, -0.2) is 27.3 Å². The predicted molar refractivity (Wildman–Crippen MR) is 56.5 cm³/mol. The Hall–Kier alpha value is -0.130. The largest absolute Gasteiger partial charge is 0.391 e. The highest BCUT2D eigenvalue weighted by Crippen LogP contribution is 2.26. The van der Waals surface area contributed by atoms with Crippen molar-refractivity contribution in [2.45, 2.75) is 25.2 Å². The van der Waals surface area contributed by atoms with Crippen LogP contribution in [0.25, 0.3) is 0 Å². The maximum atomic E-state index is 9.65. The Balaban J connectivity index is 2.63. The fraction of sp³-hybridized carbons (Fsp3) is 0.556. The Morgan fingerprint density at radius 2 is 2.07 bits per heavy atom. The van der Waals surface area contributed by atoms with E-state index in [2.05, 4.69) is 0 Å². The van der Waals surface area contributed by atoms with Crippen molar-refractivity contribution in [3.63, 3.8) is 0 Å². The van der Waals surface area contributed by atoms with E-state index >= 15 is 0 Å². The number of hydrogen-bond acceptors (Lipinski definition) is 4. The van der Waals surface area contributed by atoms with Crippen molar-refractivity contribution in [2.24, 2.45) is 0 Å². The number of halogens is 1. The molecule has 2 unspecified atom stereocenters. The van der Waals surface area contributed by atoms with E-state index in [4.69, 9.17) is 16.7 Å². The SMILES string of the molecule is OCc1ccc(C(O)C(O)CCCl)s1. The average Bonchev–Trinajstić information content (AvgIpc) is 2.65. The summed E-state index contributed by atoms with van der Waals surface area (Å²) in [6.07, 6.45) is -1.38. The second kappa shape index (κ2) is 5.68. The lowest BCUT2D eigenvalue weighted by Crippen LogP contribution is -2.17. The molecule has 3 N–H and O–H groups in total. The molecule has 0 aromatic carbocycles. The van der Waals surface area contributed by atoms with Gasteiger partial charge in [0.1, 0.15) is 6.10 Å². The van der Waals surface area contributed by atoms with Gasteiger partial charge in [-0.1, -0.05) is 0 Å². The number of thiophene rings is 1. The minimum Gasteiger partial charge on any atom is -0.391 e. The molecule has 1 rings (SSSR count). The monoisotopic (exact) mass is 236 g/mol. The van der Waals surface area contributed by atoms with Crippen LogP contribution in [0.15, 0.2) is 12.1 Å². The van der Waals surface area contributed by atoms with Crippen molar-refractivity contribution in [1.29, 1.82) is 0 Å². The predicted octanol–water partition coefficient (Wildman–Crippen LogP) is 1.26. The highest BCUT2D eigenvalue weighted by atomic mass is 35.5. The van der Waals surface area contributed by atoms with Crippen LogP contribution in [0.4, 0.5) is 0 Å². The number of hydrogen-bond donors (Lipinski definition) is 3. The van der Waals surface area contributed by atoms with Crippen LogP contribution in [0.3, 0.4) is 0 Å². The lowest BCUT2D eigenvalue weighted by Gasteiger charge is -2.14. The number of aliphatic hydroxyl groups excluding tert-OH is 3. The molecule has 0 amide bonds. The van der Waals surface area contributed by atoms with Crippen molar-refractivity contribution < 1.29 is 15.3 Å². The van der Waals surface area contributed by atoms with Gasteiger partial charge in [0.25, 0.3) is 0 Å². The lowest BCUT2D eigenvalue weighted by atomic mass is 10.1. The van der Waals surface area contributed by atoms with Crippen LogP contribution in [-0.2, 0) is 6.61 Å². The zero-order chi connectivity index (χ0) is 10.6. The Morgan fingerprint density at radius 3 is 2.57 bits per heavy atom. The summed E-state index contributed by atoms with van der Waals surface area (Å²) in [4.78, 5) is 1.43. The van der Waals surface area contributed by atoms with Crippen molar-refractivity contribution in [3.8, 4) is 0 Å². The first-order chi connectivity index (χ1) is 6.69. The number of aliphatic hydroxyl groups is 3. The smallest absolute Gasteiger partial charge is 0.114 e. The van der Waals surface area contributed by atoms with Gasteiger partial charge in [0, 0.05) is 15.6 Å². The van der Waals surface area contributed by atoms with Crippen molar-refractivity contribution in [2.75, 3.05) is 5.88 Å². The van der Waals surface area contributed by atoms with E-state index in [-0.39, 0.29) is 6.61 Å². The Morgan fingerprint density at radius 1 is 1.36 bits per heavy atom. The third kappa shape index (κ3) is 2.93. The molecule has 0 saturated carbocycles. The molecule has 0 aliphatic carbocycles. The van der Waals surface area contributed by atoms with Gasteiger partial charge in [-0.15, -0.1) is 22.9 Å². The van der Waals surface area contributed by atoms with Crippen molar-refractivity contribution in [3.05, 3.63) is 21.9 Å². The topological polar surface area (TPSA) is 60.7 Å². The van der Waals surface area contributed by atoms with Crippen LogP contribution < -0.4 is 0 Å². The van der Waals surface area contributed by atoms with Gasteiger partial charge < -0.3 is 15.3 Å². The summed E-state index contributed by atoms with van der Waals surface area (Å²) in [6.45, 7) is -0.0387. The first kappa shape index (κ1) is 11.9. The van der Waals surface area contributed by atoms with E-state index in [0.29, 0.717) is 17.2 Å². The van der Waals surface area contributed by atoms with Gasteiger partial charge in [-0.05, 0) is 18.6 Å². The minimum absolute atomic E-state index is 0.0387. The first-order valence-corrected chi connectivity index (χ1v) is 5.65. The fourth-order valence-electron chi connectivity index (χ4n) is 1.10. The van der Waals surface area contributed by atoms with Crippen LogP contribution in [0, 0.1) is 0 Å². The van der Waals surface area contributed by atoms with Crippen LogP contribution in [0.2, 0.25) is 0 Å².